The van der Waals surface area contributed by atoms with Crippen LogP contribution < -0.4 is 4.74 Å². The van der Waals surface area contributed by atoms with E-state index in [9.17, 15) is 13.2 Å². The van der Waals surface area contributed by atoms with Gasteiger partial charge in [-0.2, -0.15) is 18.2 Å². The number of aromatic nitrogens is 2. The first-order valence-corrected chi connectivity index (χ1v) is 5.08. The van der Waals surface area contributed by atoms with Crippen molar-refractivity contribution in [2.24, 2.45) is 0 Å². The first-order valence-electron chi connectivity index (χ1n) is 4.29. The molecule has 86 valence electrons. The smallest absolute Gasteiger partial charge is 0.422 e. The van der Waals surface area contributed by atoms with Crippen molar-refractivity contribution in [1.82, 2.24) is 9.97 Å². The lowest BCUT2D eigenvalue weighted by atomic mass is 10.3. The molecule has 2 heterocycles. The van der Waals surface area contributed by atoms with Crippen molar-refractivity contribution in [2.45, 2.75) is 6.18 Å². The van der Waals surface area contributed by atoms with Crippen molar-refractivity contribution in [1.29, 1.82) is 0 Å². The number of rotatable bonds is 2. The van der Waals surface area contributed by atoms with Crippen molar-refractivity contribution >= 4 is 27.0 Å². The molecule has 0 fully saturated rings. The summed E-state index contributed by atoms with van der Waals surface area (Å²) in [5, 5.41) is 0.791. The predicted molar refractivity (Wildman–Crippen MR) is 55.3 cm³/mol. The van der Waals surface area contributed by atoms with Crippen LogP contribution in [0, 0.1) is 0 Å². The number of hydrogen-bond acceptors (Lipinski definition) is 2. The van der Waals surface area contributed by atoms with Gasteiger partial charge in [-0.05, 0) is 22.0 Å². The molecule has 2 aromatic rings. The minimum atomic E-state index is -4.36. The summed E-state index contributed by atoms with van der Waals surface area (Å²) >= 11 is 3.23. The molecule has 0 aromatic carbocycles. The van der Waals surface area contributed by atoms with Crippen molar-refractivity contribution in [3.63, 3.8) is 0 Å². The predicted octanol–water partition coefficient (Wildman–Crippen LogP) is 3.27. The maximum atomic E-state index is 11.9. The number of halogens is 4. The molecular weight excluding hydrogens is 289 g/mol. The Kier molecular flexibility index (Phi) is 2.79. The molecule has 0 amide bonds. The molecule has 3 nitrogen and oxygen atoms in total. The Morgan fingerprint density at radius 3 is 2.88 bits per heavy atom. The average Bonchev–Trinajstić information content (AvgIpc) is 2.62. The first kappa shape index (κ1) is 11.3. The van der Waals surface area contributed by atoms with E-state index in [1.165, 1.54) is 6.07 Å². The summed E-state index contributed by atoms with van der Waals surface area (Å²) in [6.45, 7) is -1.35. The molecule has 0 atom stereocenters. The van der Waals surface area contributed by atoms with E-state index in [2.05, 4.69) is 30.6 Å². The van der Waals surface area contributed by atoms with Gasteiger partial charge >= 0.3 is 6.18 Å². The zero-order chi connectivity index (χ0) is 11.8. The molecule has 0 saturated heterocycles. The minimum absolute atomic E-state index is 0.0702. The van der Waals surface area contributed by atoms with Gasteiger partial charge in [-0.1, -0.05) is 0 Å². The van der Waals surface area contributed by atoms with E-state index in [-0.39, 0.29) is 5.88 Å². The highest BCUT2D eigenvalue weighted by molar-refractivity contribution is 9.10. The van der Waals surface area contributed by atoms with Crippen LogP contribution in [0.5, 0.6) is 5.88 Å². The van der Waals surface area contributed by atoms with Gasteiger partial charge in [0.25, 0.3) is 0 Å². The van der Waals surface area contributed by atoms with Crippen LogP contribution in [0.1, 0.15) is 0 Å². The van der Waals surface area contributed by atoms with Crippen LogP contribution in [-0.2, 0) is 0 Å². The van der Waals surface area contributed by atoms with Gasteiger partial charge in [0, 0.05) is 22.1 Å². The van der Waals surface area contributed by atoms with Gasteiger partial charge in [0.05, 0.1) is 0 Å². The van der Waals surface area contributed by atoms with E-state index in [0.717, 1.165) is 5.39 Å². The third kappa shape index (κ3) is 2.46. The third-order valence-electron chi connectivity index (χ3n) is 1.84. The maximum absolute atomic E-state index is 11.9. The average molecular weight is 295 g/mol. The summed E-state index contributed by atoms with van der Waals surface area (Å²) in [6, 6.07) is 3.17. The lowest BCUT2D eigenvalue weighted by molar-refractivity contribution is -0.154. The molecular formula is C9H6BrF3N2O. The molecule has 2 aromatic heterocycles. The largest absolute Gasteiger partial charge is 0.468 e. The van der Waals surface area contributed by atoms with E-state index in [1.54, 1.807) is 12.3 Å². The molecule has 0 radical (unpaired) electrons. The van der Waals surface area contributed by atoms with Gasteiger partial charge in [-0.25, -0.2) is 0 Å². The number of nitrogens with one attached hydrogen (secondary N) is 1. The molecule has 7 heteroatoms. The molecule has 2 rings (SSSR count). The molecule has 0 unspecified atom stereocenters. The van der Waals surface area contributed by atoms with Crippen LogP contribution in [0.25, 0.3) is 11.0 Å². The number of nitrogens with zero attached hydrogens (tertiary/aromatic N) is 1. The molecule has 0 aliphatic rings. The first-order chi connectivity index (χ1) is 7.46. The van der Waals surface area contributed by atoms with E-state index >= 15 is 0 Å². The lowest BCUT2D eigenvalue weighted by Crippen LogP contribution is -2.19. The quantitative estimate of drug-likeness (QED) is 0.923. The van der Waals surface area contributed by atoms with Crippen molar-refractivity contribution in [2.75, 3.05) is 6.61 Å². The summed E-state index contributed by atoms with van der Waals surface area (Å²) in [4.78, 5) is 6.69. The Bertz CT molecular complexity index is 509. The minimum Gasteiger partial charge on any atom is -0.468 e. The summed E-state index contributed by atoms with van der Waals surface area (Å²) in [5.41, 5.74) is 0.478. The van der Waals surface area contributed by atoms with E-state index in [4.69, 9.17) is 0 Å². The number of H-pyrrole nitrogens is 1. The van der Waals surface area contributed by atoms with Crippen molar-refractivity contribution in [3.8, 4) is 5.88 Å². The lowest BCUT2D eigenvalue weighted by Gasteiger charge is -2.08. The molecule has 0 saturated carbocycles. The Morgan fingerprint density at radius 2 is 2.19 bits per heavy atom. The summed E-state index contributed by atoms with van der Waals surface area (Å²) in [7, 11) is 0. The highest BCUT2D eigenvalue weighted by atomic mass is 79.9. The van der Waals surface area contributed by atoms with Crippen LogP contribution in [0.2, 0.25) is 0 Å². The molecule has 16 heavy (non-hydrogen) atoms. The second-order valence-electron chi connectivity index (χ2n) is 3.09. The SMILES string of the molecule is FC(F)(F)COc1cc(Br)c2cc[nH]c2n1. The van der Waals surface area contributed by atoms with Crippen molar-refractivity contribution in [3.05, 3.63) is 22.8 Å². The number of fused-ring (bicyclic) bond motifs is 1. The van der Waals surface area contributed by atoms with Crippen LogP contribution in [0.4, 0.5) is 13.2 Å². The number of alkyl halides is 3. The second-order valence-corrected chi connectivity index (χ2v) is 3.94. The molecule has 0 aliphatic carbocycles. The summed E-state index contributed by atoms with van der Waals surface area (Å²) in [5.74, 6) is -0.0702. The van der Waals surface area contributed by atoms with Gasteiger partial charge < -0.3 is 9.72 Å². The number of ether oxygens (including phenoxy) is 1. The van der Waals surface area contributed by atoms with Gasteiger partial charge in [0.15, 0.2) is 6.61 Å². The third-order valence-corrected chi connectivity index (χ3v) is 2.49. The van der Waals surface area contributed by atoms with Gasteiger partial charge in [0.1, 0.15) is 5.65 Å². The van der Waals surface area contributed by atoms with Gasteiger partial charge in [0.2, 0.25) is 5.88 Å². The van der Waals surface area contributed by atoms with E-state index < -0.39 is 12.8 Å². The van der Waals surface area contributed by atoms with E-state index in [1.807, 2.05) is 0 Å². The zero-order valence-corrected chi connectivity index (χ0v) is 9.39. The Morgan fingerprint density at radius 1 is 1.44 bits per heavy atom. The normalized spacial score (nSPS) is 12.0. The van der Waals surface area contributed by atoms with Gasteiger partial charge in [-0.3, -0.25) is 0 Å². The topological polar surface area (TPSA) is 37.9 Å². The molecule has 0 aliphatic heterocycles. The number of aromatic amines is 1. The number of hydrogen-bond donors (Lipinski definition) is 1. The van der Waals surface area contributed by atoms with Gasteiger partial charge in [-0.15, -0.1) is 0 Å². The van der Waals surface area contributed by atoms with E-state index in [0.29, 0.717) is 10.1 Å². The highest BCUT2D eigenvalue weighted by Gasteiger charge is 2.28. The molecule has 1 N–H and O–H groups in total. The van der Waals surface area contributed by atoms with Crippen molar-refractivity contribution < 1.29 is 17.9 Å². The summed E-state index contributed by atoms with van der Waals surface area (Å²) < 4.78 is 40.9. The monoisotopic (exact) mass is 294 g/mol. The highest BCUT2D eigenvalue weighted by Crippen LogP contribution is 2.26. The number of pyridine rings is 1. The zero-order valence-electron chi connectivity index (χ0n) is 7.81. The van der Waals surface area contributed by atoms with Crippen LogP contribution in [0.15, 0.2) is 22.8 Å². The standard InChI is InChI=1S/C9H6BrF3N2O/c10-6-3-7(16-4-9(11,12)13)15-8-5(6)1-2-14-8/h1-3H,4H2,(H,14,15). The van der Waals surface area contributed by atoms with Crippen LogP contribution in [0.3, 0.4) is 0 Å². The Balaban J connectivity index is 2.25. The molecule has 0 bridgehead atoms. The second kappa shape index (κ2) is 3.97. The van der Waals surface area contributed by atoms with Crippen LogP contribution >= 0.6 is 15.9 Å². The summed E-state index contributed by atoms with van der Waals surface area (Å²) in [6.07, 6.45) is -2.71. The fraction of sp³-hybridized carbons (Fsp3) is 0.222. The maximum Gasteiger partial charge on any atom is 0.422 e. The van der Waals surface area contributed by atoms with Crippen LogP contribution in [-0.4, -0.2) is 22.8 Å². The fourth-order valence-electron chi connectivity index (χ4n) is 1.20. The Hall–Kier alpha value is -1.24. The molecule has 0 spiro atoms. The fourth-order valence-corrected chi connectivity index (χ4v) is 1.72. The Labute approximate surface area is 96.7 Å².